The normalized spacial score (nSPS) is 10.6. The number of carbonyl (C=O) groups excluding carboxylic acids is 1. The second-order valence-corrected chi connectivity index (χ2v) is 4.48. The van der Waals surface area contributed by atoms with Gasteiger partial charge < -0.3 is 10.6 Å². The Morgan fingerprint density at radius 3 is 2.84 bits per heavy atom. The van der Waals surface area contributed by atoms with E-state index in [1.807, 2.05) is 12.3 Å². The lowest BCUT2D eigenvalue weighted by Gasteiger charge is -2.07. The Morgan fingerprint density at radius 2 is 2.00 bits per heavy atom. The molecule has 1 amide bonds. The van der Waals surface area contributed by atoms with Crippen molar-refractivity contribution in [1.29, 1.82) is 0 Å². The van der Waals surface area contributed by atoms with Crippen molar-refractivity contribution >= 4 is 16.8 Å². The van der Waals surface area contributed by atoms with Gasteiger partial charge in [-0.1, -0.05) is 24.3 Å². The van der Waals surface area contributed by atoms with Crippen LogP contribution in [0.4, 0.5) is 0 Å². The zero-order valence-electron chi connectivity index (χ0n) is 11.1. The predicted octanol–water partition coefficient (Wildman–Crippen LogP) is 1.50. The van der Waals surface area contributed by atoms with Gasteiger partial charge in [-0.3, -0.25) is 9.78 Å². The molecule has 4 nitrogen and oxygen atoms in total. The van der Waals surface area contributed by atoms with Crippen molar-refractivity contribution in [2.45, 2.75) is 13.3 Å². The van der Waals surface area contributed by atoms with E-state index in [0.29, 0.717) is 6.54 Å². The largest absolute Gasteiger partial charge is 0.355 e. The van der Waals surface area contributed by atoms with E-state index in [4.69, 9.17) is 0 Å². The maximum absolute atomic E-state index is 10.7. The molecule has 0 fully saturated rings. The molecule has 100 valence electrons. The highest BCUT2D eigenvalue weighted by atomic mass is 16.1. The summed E-state index contributed by atoms with van der Waals surface area (Å²) in [6.45, 7) is 3.87. The molecule has 0 saturated carbocycles. The number of nitrogens with zero attached hydrogens (tertiary/aromatic N) is 1. The summed E-state index contributed by atoms with van der Waals surface area (Å²) in [5.74, 6) is 0.0139. The fourth-order valence-electron chi connectivity index (χ4n) is 2.04. The number of rotatable bonds is 6. The summed E-state index contributed by atoms with van der Waals surface area (Å²) < 4.78 is 0. The van der Waals surface area contributed by atoms with Crippen molar-refractivity contribution in [2.24, 2.45) is 0 Å². The smallest absolute Gasteiger partial charge is 0.216 e. The van der Waals surface area contributed by atoms with Gasteiger partial charge in [-0.15, -0.1) is 0 Å². The molecule has 1 heterocycles. The minimum atomic E-state index is 0.0139. The maximum Gasteiger partial charge on any atom is 0.216 e. The van der Waals surface area contributed by atoms with Gasteiger partial charge in [-0.25, -0.2) is 0 Å². The second kappa shape index (κ2) is 6.85. The van der Waals surface area contributed by atoms with Crippen molar-refractivity contribution in [3.05, 3.63) is 42.1 Å². The standard InChI is InChI=1S/C15H19N3O/c1-12(19)17-11-10-16-9-7-14-5-2-4-13-6-3-8-18-15(13)14/h2-6,8,16H,7,9-11H2,1H3,(H,17,19). The van der Waals surface area contributed by atoms with E-state index in [9.17, 15) is 4.79 Å². The van der Waals surface area contributed by atoms with Crippen molar-refractivity contribution in [2.75, 3.05) is 19.6 Å². The van der Waals surface area contributed by atoms with Gasteiger partial charge in [-0.05, 0) is 24.6 Å². The number of aromatic nitrogens is 1. The first-order chi connectivity index (χ1) is 9.27. The van der Waals surface area contributed by atoms with Gasteiger partial charge in [0.15, 0.2) is 0 Å². The molecule has 2 N–H and O–H groups in total. The molecule has 1 aromatic heterocycles. The van der Waals surface area contributed by atoms with Crippen LogP contribution in [0.15, 0.2) is 36.5 Å². The number of para-hydroxylation sites is 1. The average molecular weight is 257 g/mol. The highest BCUT2D eigenvalue weighted by Crippen LogP contribution is 2.15. The summed E-state index contributed by atoms with van der Waals surface area (Å²) in [6, 6.07) is 10.3. The lowest BCUT2D eigenvalue weighted by Crippen LogP contribution is -2.31. The van der Waals surface area contributed by atoms with Crippen LogP contribution in [0, 0.1) is 0 Å². The van der Waals surface area contributed by atoms with Gasteiger partial charge in [0.2, 0.25) is 5.91 Å². The van der Waals surface area contributed by atoms with Crippen LogP contribution in [-0.4, -0.2) is 30.5 Å². The average Bonchev–Trinajstić information content (AvgIpc) is 2.42. The molecule has 4 heteroatoms. The Kier molecular flexibility index (Phi) is 4.86. The number of pyridine rings is 1. The lowest BCUT2D eigenvalue weighted by atomic mass is 10.1. The van der Waals surface area contributed by atoms with Crippen molar-refractivity contribution in [1.82, 2.24) is 15.6 Å². The first kappa shape index (κ1) is 13.5. The van der Waals surface area contributed by atoms with E-state index in [0.717, 1.165) is 25.0 Å². The Morgan fingerprint density at radius 1 is 1.16 bits per heavy atom. The van der Waals surface area contributed by atoms with Crippen LogP contribution < -0.4 is 10.6 Å². The SMILES string of the molecule is CC(=O)NCCNCCc1cccc2cccnc12. The van der Waals surface area contributed by atoms with Crippen molar-refractivity contribution in [3.8, 4) is 0 Å². The van der Waals surface area contributed by atoms with Crippen LogP contribution in [0.1, 0.15) is 12.5 Å². The van der Waals surface area contributed by atoms with Crippen LogP contribution in [0.3, 0.4) is 0 Å². The summed E-state index contributed by atoms with van der Waals surface area (Å²) in [4.78, 5) is 15.1. The molecule has 2 rings (SSSR count). The lowest BCUT2D eigenvalue weighted by molar-refractivity contribution is -0.118. The van der Waals surface area contributed by atoms with Gasteiger partial charge >= 0.3 is 0 Å². The third kappa shape index (κ3) is 4.03. The number of nitrogens with one attached hydrogen (secondary N) is 2. The Hall–Kier alpha value is -1.94. The summed E-state index contributed by atoms with van der Waals surface area (Å²) in [5.41, 5.74) is 2.33. The van der Waals surface area contributed by atoms with Gasteiger partial charge in [0.25, 0.3) is 0 Å². The second-order valence-electron chi connectivity index (χ2n) is 4.48. The van der Waals surface area contributed by atoms with E-state index in [1.165, 1.54) is 17.9 Å². The minimum absolute atomic E-state index is 0.0139. The topological polar surface area (TPSA) is 54.0 Å². The van der Waals surface area contributed by atoms with E-state index in [1.54, 1.807) is 0 Å². The maximum atomic E-state index is 10.7. The first-order valence-corrected chi connectivity index (χ1v) is 6.55. The minimum Gasteiger partial charge on any atom is -0.355 e. The highest BCUT2D eigenvalue weighted by Gasteiger charge is 2.00. The molecule has 0 aliphatic carbocycles. The summed E-state index contributed by atoms with van der Waals surface area (Å²) in [5, 5.41) is 7.25. The van der Waals surface area contributed by atoms with Gasteiger partial charge in [-0.2, -0.15) is 0 Å². The molecular weight excluding hydrogens is 238 g/mol. The molecule has 0 spiro atoms. The van der Waals surface area contributed by atoms with Crippen molar-refractivity contribution < 1.29 is 4.79 Å². The molecule has 19 heavy (non-hydrogen) atoms. The molecule has 0 radical (unpaired) electrons. The molecule has 0 saturated heterocycles. The van der Waals surface area contributed by atoms with Crippen LogP contribution in [-0.2, 0) is 11.2 Å². The van der Waals surface area contributed by atoms with Gasteiger partial charge in [0, 0.05) is 31.6 Å². The molecule has 0 bridgehead atoms. The Labute approximate surface area is 113 Å². The summed E-state index contributed by atoms with van der Waals surface area (Å²) >= 11 is 0. The quantitative estimate of drug-likeness (QED) is 0.771. The molecule has 1 aromatic carbocycles. The van der Waals surface area contributed by atoms with Gasteiger partial charge in [0.1, 0.15) is 0 Å². The predicted molar refractivity (Wildman–Crippen MR) is 77.0 cm³/mol. The zero-order chi connectivity index (χ0) is 13.5. The Balaban J connectivity index is 1.83. The number of hydrogen-bond acceptors (Lipinski definition) is 3. The van der Waals surface area contributed by atoms with Crippen LogP contribution in [0.25, 0.3) is 10.9 Å². The summed E-state index contributed by atoms with van der Waals surface area (Å²) in [7, 11) is 0. The molecule has 0 aliphatic rings. The fourth-order valence-corrected chi connectivity index (χ4v) is 2.04. The highest BCUT2D eigenvalue weighted by molar-refractivity contribution is 5.81. The van der Waals surface area contributed by atoms with E-state index < -0.39 is 0 Å². The monoisotopic (exact) mass is 257 g/mol. The zero-order valence-corrected chi connectivity index (χ0v) is 11.1. The van der Waals surface area contributed by atoms with E-state index in [2.05, 4.69) is 39.9 Å². The van der Waals surface area contributed by atoms with E-state index >= 15 is 0 Å². The van der Waals surface area contributed by atoms with Crippen molar-refractivity contribution in [3.63, 3.8) is 0 Å². The fraction of sp³-hybridized carbons (Fsp3) is 0.333. The first-order valence-electron chi connectivity index (χ1n) is 6.55. The molecule has 2 aromatic rings. The molecule has 0 atom stereocenters. The third-order valence-corrected chi connectivity index (χ3v) is 2.96. The van der Waals surface area contributed by atoms with Gasteiger partial charge in [0.05, 0.1) is 5.52 Å². The molecule has 0 aliphatic heterocycles. The van der Waals surface area contributed by atoms with E-state index in [-0.39, 0.29) is 5.91 Å². The molecular formula is C15H19N3O. The number of carbonyl (C=O) groups is 1. The molecule has 0 unspecified atom stereocenters. The number of hydrogen-bond donors (Lipinski definition) is 2. The van der Waals surface area contributed by atoms with Crippen LogP contribution >= 0.6 is 0 Å². The number of benzene rings is 1. The number of fused-ring (bicyclic) bond motifs is 1. The van der Waals surface area contributed by atoms with Crippen LogP contribution in [0.2, 0.25) is 0 Å². The summed E-state index contributed by atoms with van der Waals surface area (Å²) in [6.07, 6.45) is 2.77. The van der Waals surface area contributed by atoms with Crippen LogP contribution in [0.5, 0.6) is 0 Å². The number of amides is 1. The Bertz CT molecular complexity index is 549. The third-order valence-electron chi connectivity index (χ3n) is 2.96.